The van der Waals surface area contributed by atoms with E-state index in [0.717, 1.165) is 17.6 Å². The van der Waals surface area contributed by atoms with Gasteiger partial charge in [0.2, 0.25) is 0 Å². The van der Waals surface area contributed by atoms with Crippen LogP contribution < -0.4 is 10.6 Å². The minimum absolute atomic E-state index is 0. The lowest BCUT2D eigenvalue weighted by molar-refractivity contribution is 0.281. The summed E-state index contributed by atoms with van der Waals surface area (Å²) in [7, 11) is 0. The molecule has 1 aliphatic rings. The van der Waals surface area contributed by atoms with Gasteiger partial charge in [-0.1, -0.05) is 85.9 Å². The van der Waals surface area contributed by atoms with Gasteiger partial charge in [0.1, 0.15) is 0 Å². The maximum atomic E-state index is 3.82. The van der Waals surface area contributed by atoms with Gasteiger partial charge in [-0.15, -0.1) is 24.8 Å². The van der Waals surface area contributed by atoms with Crippen LogP contribution in [0.1, 0.15) is 63.1 Å². The molecule has 0 bridgehead atoms. The first kappa shape index (κ1) is 26.5. The van der Waals surface area contributed by atoms with E-state index in [1.165, 1.54) is 42.4 Å². The predicted molar refractivity (Wildman–Crippen MR) is 134 cm³/mol. The highest BCUT2D eigenvalue weighted by molar-refractivity contribution is 9.10. The third kappa shape index (κ3) is 8.22. The summed E-state index contributed by atoms with van der Waals surface area (Å²) in [5.41, 5.74) is 4.34. The summed E-state index contributed by atoms with van der Waals surface area (Å²) in [6.45, 7) is 8.69. The van der Waals surface area contributed by atoms with E-state index in [9.17, 15) is 0 Å². The Bertz CT molecular complexity index is 711. The fraction of sp³-hybridized carbons (Fsp3) is 0.500. The lowest BCUT2D eigenvalue weighted by Gasteiger charge is -2.33. The highest BCUT2D eigenvalue weighted by atomic mass is 79.9. The average Bonchev–Trinajstić information content (AvgIpc) is 2.66. The number of hydrogen-bond donors (Lipinski definition) is 2. The van der Waals surface area contributed by atoms with E-state index in [-0.39, 0.29) is 30.2 Å². The molecule has 0 amide bonds. The van der Waals surface area contributed by atoms with Crippen molar-refractivity contribution in [3.63, 3.8) is 0 Å². The van der Waals surface area contributed by atoms with Crippen LogP contribution in [0.2, 0.25) is 0 Å². The Hall–Kier alpha value is -0.580. The Kier molecular flexibility index (Phi) is 11.2. The first-order valence-corrected chi connectivity index (χ1v) is 11.0. The van der Waals surface area contributed by atoms with Gasteiger partial charge in [0.05, 0.1) is 0 Å². The van der Waals surface area contributed by atoms with Crippen LogP contribution >= 0.6 is 40.7 Å². The molecular weight excluding hydrogens is 467 g/mol. The Morgan fingerprint density at radius 1 is 0.759 bits per heavy atom. The molecule has 29 heavy (non-hydrogen) atoms. The zero-order valence-corrected chi connectivity index (χ0v) is 20.9. The van der Waals surface area contributed by atoms with E-state index in [0.29, 0.717) is 12.1 Å². The summed E-state index contributed by atoms with van der Waals surface area (Å²) >= 11 is 3.51. The van der Waals surface area contributed by atoms with Gasteiger partial charge in [-0.25, -0.2) is 0 Å². The van der Waals surface area contributed by atoms with Crippen LogP contribution in [-0.4, -0.2) is 12.1 Å². The molecule has 2 nitrogen and oxygen atoms in total. The molecule has 2 atom stereocenters. The number of rotatable bonds is 6. The highest BCUT2D eigenvalue weighted by Gasteiger charge is 2.24. The zero-order chi connectivity index (χ0) is 19.3. The molecule has 0 aromatic heterocycles. The van der Waals surface area contributed by atoms with E-state index >= 15 is 0 Å². The Labute approximate surface area is 197 Å². The average molecular weight is 502 g/mol. The molecule has 5 heteroatoms. The summed E-state index contributed by atoms with van der Waals surface area (Å²) in [5, 5.41) is 7.62. The van der Waals surface area contributed by atoms with Crippen molar-refractivity contribution >= 4 is 40.7 Å². The second-order valence-corrected chi connectivity index (χ2v) is 9.75. The van der Waals surface area contributed by atoms with Gasteiger partial charge in [-0.3, -0.25) is 0 Å². The molecule has 2 aromatic carbocycles. The molecule has 0 spiro atoms. The van der Waals surface area contributed by atoms with Crippen molar-refractivity contribution in [2.75, 3.05) is 0 Å². The van der Waals surface area contributed by atoms with Crippen molar-refractivity contribution in [3.05, 3.63) is 69.7 Å². The van der Waals surface area contributed by atoms with Gasteiger partial charge in [0, 0.05) is 29.6 Å². The van der Waals surface area contributed by atoms with E-state index in [1.807, 2.05) is 0 Å². The third-order valence-corrected chi connectivity index (χ3v) is 6.16. The van der Waals surface area contributed by atoms with E-state index < -0.39 is 0 Å². The van der Waals surface area contributed by atoms with Crippen molar-refractivity contribution in [1.29, 1.82) is 0 Å². The summed E-state index contributed by atoms with van der Waals surface area (Å²) in [6.07, 6.45) is 5.18. The third-order valence-electron chi connectivity index (χ3n) is 5.64. The van der Waals surface area contributed by atoms with Crippen LogP contribution in [0.3, 0.4) is 0 Å². The van der Waals surface area contributed by atoms with Crippen molar-refractivity contribution in [3.8, 4) is 0 Å². The van der Waals surface area contributed by atoms with E-state index in [2.05, 4.69) is 95.9 Å². The molecular formula is C24H35BrCl2N2. The first-order valence-electron chi connectivity index (χ1n) is 10.2. The van der Waals surface area contributed by atoms with Crippen LogP contribution in [0.15, 0.2) is 53.0 Å². The van der Waals surface area contributed by atoms with Gasteiger partial charge in [-0.2, -0.15) is 0 Å². The maximum Gasteiger partial charge on any atom is 0.0224 e. The molecule has 1 saturated carbocycles. The summed E-state index contributed by atoms with van der Waals surface area (Å²) in [6, 6.07) is 18.8. The Morgan fingerprint density at radius 2 is 1.17 bits per heavy atom. The summed E-state index contributed by atoms with van der Waals surface area (Å²) in [4.78, 5) is 0. The highest BCUT2D eigenvalue weighted by Crippen LogP contribution is 2.23. The molecule has 1 fully saturated rings. The van der Waals surface area contributed by atoms with Gasteiger partial charge in [-0.05, 0) is 47.1 Å². The fourth-order valence-corrected chi connectivity index (χ4v) is 4.11. The minimum atomic E-state index is 0. The van der Waals surface area contributed by atoms with Crippen molar-refractivity contribution in [2.45, 2.75) is 77.0 Å². The molecule has 0 heterocycles. The number of hydrogen-bond acceptors (Lipinski definition) is 2. The van der Waals surface area contributed by atoms with Gasteiger partial charge in [0.15, 0.2) is 0 Å². The fourth-order valence-electron chi connectivity index (χ4n) is 3.84. The van der Waals surface area contributed by atoms with Crippen LogP contribution in [0.5, 0.6) is 0 Å². The molecule has 3 rings (SSSR count). The summed E-state index contributed by atoms with van der Waals surface area (Å²) in [5.74, 6) is 0. The van der Waals surface area contributed by atoms with Crippen molar-refractivity contribution in [2.24, 2.45) is 0 Å². The molecule has 0 saturated heterocycles. The van der Waals surface area contributed by atoms with Crippen LogP contribution in [0.25, 0.3) is 0 Å². The Morgan fingerprint density at radius 3 is 1.59 bits per heavy atom. The van der Waals surface area contributed by atoms with Crippen LogP contribution in [0, 0.1) is 0 Å². The molecule has 0 radical (unpaired) electrons. The van der Waals surface area contributed by atoms with E-state index in [4.69, 9.17) is 0 Å². The van der Waals surface area contributed by atoms with Gasteiger partial charge >= 0.3 is 0 Å². The van der Waals surface area contributed by atoms with Crippen LogP contribution in [0.4, 0.5) is 0 Å². The summed E-state index contributed by atoms with van der Waals surface area (Å²) < 4.78 is 1.14. The normalized spacial score (nSPS) is 19.2. The second-order valence-electron chi connectivity index (χ2n) is 8.83. The second kappa shape index (κ2) is 12.3. The lowest BCUT2D eigenvalue weighted by Crippen LogP contribution is -2.49. The molecule has 2 unspecified atom stereocenters. The van der Waals surface area contributed by atoms with Crippen molar-refractivity contribution < 1.29 is 0 Å². The molecule has 2 N–H and O–H groups in total. The molecule has 2 aromatic rings. The zero-order valence-electron chi connectivity index (χ0n) is 17.7. The van der Waals surface area contributed by atoms with Gasteiger partial charge in [0.25, 0.3) is 0 Å². The number of nitrogens with one attached hydrogen (secondary N) is 2. The predicted octanol–water partition coefficient (Wildman–Crippen LogP) is 6.78. The first-order chi connectivity index (χ1) is 12.9. The lowest BCUT2D eigenvalue weighted by atomic mass is 9.86. The number of benzene rings is 2. The monoisotopic (exact) mass is 500 g/mol. The maximum absolute atomic E-state index is 3.82. The standard InChI is InChI=1S/C24H33BrN2.2ClH/c1-24(2,3)20-12-8-18(9-13-20)16-26-22-6-4-5-7-23(22)27-17-19-10-14-21(25)15-11-19;;/h8-15,22-23,26-27H,4-7,16-17H2,1-3H3;2*1H. The largest absolute Gasteiger partial charge is 0.308 e. The quantitative estimate of drug-likeness (QED) is 0.455. The SMILES string of the molecule is CC(C)(C)c1ccc(CNC2CCCCC2NCc2ccc(Br)cc2)cc1.Cl.Cl. The van der Waals surface area contributed by atoms with Crippen molar-refractivity contribution in [1.82, 2.24) is 10.6 Å². The topological polar surface area (TPSA) is 24.1 Å². The molecule has 0 aliphatic heterocycles. The number of halogens is 3. The van der Waals surface area contributed by atoms with E-state index in [1.54, 1.807) is 0 Å². The van der Waals surface area contributed by atoms with Gasteiger partial charge < -0.3 is 10.6 Å². The minimum Gasteiger partial charge on any atom is -0.308 e. The van der Waals surface area contributed by atoms with Crippen LogP contribution in [-0.2, 0) is 18.5 Å². The molecule has 162 valence electrons. The molecule has 1 aliphatic carbocycles. The Balaban J connectivity index is 0.00000210. The smallest absolute Gasteiger partial charge is 0.0224 e.